The number of carbonyl (C=O) groups is 2. The van der Waals surface area contributed by atoms with E-state index in [1.54, 1.807) is 0 Å². The van der Waals surface area contributed by atoms with Gasteiger partial charge in [0.2, 0.25) is 0 Å². The second kappa shape index (κ2) is 3.59. The van der Waals surface area contributed by atoms with E-state index in [9.17, 15) is 18.0 Å². The Hall–Kier alpha value is -0.750. The van der Waals surface area contributed by atoms with E-state index in [-0.39, 0.29) is 0 Å². The molecule has 0 rings (SSSR count). The predicted molar refractivity (Wildman–Crippen MR) is 36.7 cm³/mol. The zero-order chi connectivity index (χ0) is 9.07. The normalized spacial score (nSPS) is 11.1. The molecule has 0 radical (unpaired) electrons. The van der Waals surface area contributed by atoms with Crippen LogP contribution in [0.5, 0.6) is 0 Å². The van der Waals surface area contributed by atoms with Crippen LogP contribution in [0.2, 0.25) is 0 Å². The average molecular weight is 180 g/mol. The van der Waals surface area contributed by atoms with E-state index in [4.69, 9.17) is 4.55 Å². The number of rotatable bonds is 4. The third-order valence-electron chi connectivity index (χ3n) is 0.790. The molecule has 0 aromatic heterocycles. The highest BCUT2D eigenvalue weighted by Crippen LogP contribution is 1.90. The van der Waals surface area contributed by atoms with Crippen LogP contribution in [0.25, 0.3) is 0 Å². The van der Waals surface area contributed by atoms with Gasteiger partial charge in [0.05, 0.1) is 6.42 Å². The Kier molecular flexibility index (Phi) is 3.34. The van der Waals surface area contributed by atoms with Crippen LogP contribution in [0, 0.1) is 0 Å². The van der Waals surface area contributed by atoms with Crippen molar-refractivity contribution in [3.63, 3.8) is 0 Å². The van der Waals surface area contributed by atoms with Crippen LogP contribution in [-0.4, -0.2) is 30.3 Å². The fraction of sp³-hybridized carbons (Fsp3) is 0.600. The molecule has 6 heteroatoms. The summed E-state index contributed by atoms with van der Waals surface area (Å²) in [5.41, 5.74) is 0. The molecule has 0 unspecified atom stereocenters. The van der Waals surface area contributed by atoms with Gasteiger partial charge in [0, 0.05) is 0 Å². The van der Waals surface area contributed by atoms with Gasteiger partial charge >= 0.3 is 0 Å². The molecule has 0 bridgehead atoms. The molecule has 0 aromatic carbocycles. The molecule has 0 saturated carbocycles. The summed E-state index contributed by atoms with van der Waals surface area (Å²) in [6.07, 6.45) is -0.445. The van der Waals surface area contributed by atoms with Crippen molar-refractivity contribution in [2.75, 3.05) is 5.75 Å². The average Bonchev–Trinajstić information content (AvgIpc) is 1.53. The quantitative estimate of drug-likeness (QED) is 0.462. The van der Waals surface area contributed by atoms with E-state index < -0.39 is 33.9 Å². The largest absolute Gasteiger partial charge is 0.300 e. The van der Waals surface area contributed by atoms with Gasteiger partial charge in [-0.15, -0.1) is 0 Å². The highest BCUT2D eigenvalue weighted by molar-refractivity contribution is 7.86. The lowest BCUT2D eigenvalue weighted by Gasteiger charge is -1.93. The maximum atomic E-state index is 10.5. The van der Waals surface area contributed by atoms with Crippen molar-refractivity contribution in [2.24, 2.45) is 0 Å². The molecule has 0 aromatic rings. The van der Waals surface area contributed by atoms with Crippen LogP contribution < -0.4 is 0 Å². The number of Topliss-reactive ketones (excluding diaryl/α,β-unsaturated/α-hetero) is 2. The van der Waals surface area contributed by atoms with Crippen molar-refractivity contribution in [1.82, 2.24) is 0 Å². The summed E-state index contributed by atoms with van der Waals surface area (Å²) in [6.45, 7) is 1.17. The Labute approximate surface area is 64.2 Å². The first kappa shape index (κ1) is 10.2. The summed E-state index contributed by atoms with van der Waals surface area (Å²) in [4.78, 5) is 20.8. The van der Waals surface area contributed by atoms with Gasteiger partial charge in [-0.25, -0.2) is 0 Å². The minimum atomic E-state index is -4.27. The lowest BCUT2D eigenvalue weighted by atomic mass is 10.2. The van der Waals surface area contributed by atoms with Crippen LogP contribution in [0.4, 0.5) is 0 Å². The first-order valence-corrected chi connectivity index (χ1v) is 4.38. The van der Waals surface area contributed by atoms with Gasteiger partial charge in [-0.3, -0.25) is 14.1 Å². The molecule has 0 aliphatic heterocycles. The van der Waals surface area contributed by atoms with Crippen molar-refractivity contribution >= 4 is 21.7 Å². The van der Waals surface area contributed by atoms with Crippen molar-refractivity contribution < 1.29 is 22.6 Å². The molecule has 0 amide bonds. The monoisotopic (exact) mass is 180 g/mol. The molecule has 0 aliphatic rings. The summed E-state index contributed by atoms with van der Waals surface area (Å²) < 4.78 is 28.2. The van der Waals surface area contributed by atoms with Crippen LogP contribution in [0.1, 0.15) is 13.3 Å². The van der Waals surface area contributed by atoms with E-state index in [2.05, 4.69) is 0 Å². The smallest absolute Gasteiger partial charge is 0.272 e. The third-order valence-corrected chi connectivity index (χ3v) is 1.48. The summed E-state index contributed by atoms with van der Waals surface area (Å²) >= 11 is 0. The van der Waals surface area contributed by atoms with Crippen LogP contribution in [0.3, 0.4) is 0 Å². The van der Waals surface area contributed by atoms with E-state index in [1.165, 1.54) is 6.92 Å². The standard InChI is InChI=1S/C5H8O5S/c1-4(6)2-5(7)3-11(8,9)10/h2-3H2,1H3,(H,8,9,10). The zero-order valence-corrected chi connectivity index (χ0v) is 6.72. The topological polar surface area (TPSA) is 88.5 Å². The minimum Gasteiger partial charge on any atom is -0.300 e. The first-order chi connectivity index (χ1) is 4.81. The van der Waals surface area contributed by atoms with Gasteiger partial charge in [-0.05, 0) is 6.92 Å². The van der Waals surface area contributed by atoms with E-state index in [0.717, 1.165) is 0 Å². The number of ketones is 2. The Morgan fingerprint density at radius 2 is 1.82 bits per heavy atom. The Bertz CT molecular complexity index is 263. The SMILES string of the molecule is CC(=O)CC(=O)CS(=O)(=O)O. The Morgan fingerprint density at radius 3 is 2.09 bits per heavy atom. The van der Waals surface area contributed by atoms with E-state index in [1.807, 2.05) is 0 Å². The first-order valence-electron chi connectivity index (χ1n) is 2.77. The second-order valence-electron chi connectivity index (χ2n) is 2.14. The number of carbonyl (C=O) groups excluding carboxylic acids is 2. The molecule has 11 heavy (non-hydrogen) atoms. The third kappa shape index (κ3) is 7.14. The van der Waals surface area contributed by atoms with E-state index in [0.29, 0.717) is 0 Å². The molecule has 0 aliphatic carbocycles. The highest BCUT2D eigenvalue weighted by Gasteiger charge is 2.13. The lowest BCUT2D eigenvalue weighted by Crippen LogP contribution is -2.16. The Balaban J connectivity index is 4.01. The number of hydrogen-bond donors (Lipinski definition) is 1. The molecule has 0 heterocycles. The molecule has 5 nitrogen and oxygen atoms in total. The maximum absolute atomic E-state index is 10.5. The summed E-state index contributed by atoms with van der Waals surface area (Å²) in [7, 11) is -4.27. The van der Waals surface area contributed by atoms with Crippen LogP contribution >= 0.6 is 0 Å². The fourth-order valence-corrected chi connectivity index (χ4v) is 1.04. The highest BCUT2D eigenvalue weighted by atomic mass is 32.2. The predicted octanol–water partition coefficient (Wildman–Crippen LogP) is -0.578. The van der Waals surface area contributed by atoms with Crippen molar-refractivity contribution in [3.8, 4) is 0 Å². The molecule has 1 N–H and O–H groups in total. The lowest BCUT2D eigenvalue weighted by molar-refractivity contribution is -0.124. The Morgan fingerprint density at radius 1 is 1.36 bits per heavy atom. The fourth-order valence-electron chi connectivity index (χ4n) is 0.532. The van der Waals surface area contributed by atoms with Crippen molar-refractivity contribution in [1.29, 1.82) is 0 Å². The zero-order valence-electron chi connectivity index (χ0n) is 5.90. The molecule has 0 atom stereocenters. The van der Waals surface area contributed by atoms with Gasteiger partial charge in [0.25, 0.3) is 10.1 Å². The minimum absolute atomic E-state index is 0.418. The van der Waals surface area contributed by atoms with Gasteiger partial charge < -0.3 is 0 Å². The summed E-state index contributed by atoms with van der Waals surface area (Å²) in [5, 5.41) is 0. The van der Waals surface area contributed by atoms with E-state index >= 15 is 0 Å². The molecule has 0 saturated heterocycles. The van der Waals surface area contributed by atoms with Gasteiger partial charge in [-0.1, -0.05) is 0 Å². The molecule has 0 spiro atoms. The van der Waals surface area contributed by atoms with Crippen molar-refractivity contribution in [3.05, 3.63) is 0 Å². The molecule has 0 fully saturated rings. The second-order valence-corrected chi connectivity index (χ2v) is 3.60. The summed E-state index contributed by atoms with van der Waals surface area (Å²) in [5.74, 6) is -2.19. The van der Waals surface area contributed by atoms with Gasteiger partial charge in [0.15, 0.2) is 5.78 Å². The molecular formula is C5H8O5S. The van der Waals surface area contributed by atoms with Crippen LogP contribution in [-0.2, 0) is 19.7 Å². The summed E-state index contributed by atoms with van der Waals surface area (Å²) in [6, 6.07) is 0. The molecular weight excluding hydrogens is 172 g/mol. The van der Waals surface area contributed by atoms with Gasteiger partial charge in [0.1, 0.15) is 11.5 Å². The van der Waals surface area contributed by atoms with Gasteiger partial charge in [-0.2, -0.15) is 8.42 Å². The maximum Gasteiger partial charge on any atom is 0.272 e. The molecule has 64 valence electrons. The van der Waals surface area contributed by atoms with Crippen molar-refractivity contribution in [2.45, 2.75) is 13.3 Å². The number of hydrogen-bond acceptors (Lipinski definition) is 4. The van der Waals surface area contributed by atoms with Crippen LogP contribution in [0.15, 0.2) is 0 Å².